The molecule has 2 N–H and O–H groups in total. The van der Waals surface area contributed by atoms with Crippen LogP contribution in [0.1, 0.15) is 17.0 Å². The van der Waals surface area contributed by atoms with Crippen molar-refractivity contribution in [3.63, 3.8) is 0 Å². The van der Waals surface area contributed by atoms with Crippen LogP contribution in [-0.4, -0.2) is 25.6 Å². The van der Waals surface area contributed by atoms with Crippen molar-refractivity contribution in [3.8, 4) is 0 Å². The fourth-order valence-electron chi connectivity index (χ4n) is 1.87. The maximum atomic E-state index is 12.4. The van der Waals surface area contributed by atoms with E-state index in [1.165, 1.54) is 6.07 Å². The van der Waals surface area contributed by atoms with Gasteiger partial charge in [-0.05, 0) is 37.2 Å². The Morgan fingerprint density at radius 1 is 1.33 bits per heavy atom. The van der Waals surface area contributed by atoms with E-state index in [0.29, 0.717) is 17.1 Å². The van der Waals surface area contributed by atoms with Crippen molar-refractivity contribution < 1.29 is 12.9 Å². The highest BCUT2D eigenvalue weighted by molar-refractivity contribution is 7.89. The summed E-state index contributed by atoms with van der Waals surface area (Å²) in [7, 11) is -1.93. The molecule has 1 aromatic heterocycles. The van der Waals surface area contributed by atoms with Crippen molar-refractivity contribution in [1.82, 2.24) is 20.2 Å². The van der Waals surface area contributed by atoms with E-state index in [1.54, 1.807) is 20.0 Å². The molecule has 0 amide bonds. The highest BCUT2D eigenvalue weighted by Gasteiger charge is 2.20. The average molecular weight is 331 g/mol. The standard InChI is InChI=1S/C12H15ClN4O3S/c1-8-9(5-14-2)3-10(13)4-11(8)21(18,19)16-6-12-15-7-20-17-12/h3-4,7,14,16H,5-6H2,1-2H3. The van der Waals surface area contributed by atoms with Gasteiger partial charge in [0.25, 0.3) is 0 Å². The van der Waals surface area contributed by atoms with E-state index < -0.39 is 10.0 Å². The third-order valence-corrected chi connectivity index (χ3v) is 4.66. The van der Waals surface area contributed by atoms with E-state index in [1.807, 2.05) is 0 Å². The summed E-state index contributed by atoms with van der Waals surface area (Å²) < 4.78 is 31.7. The second-order valence-corrected chi connectivity index (χ2v) is 6.56. The molecule has 0 spiro atoms. The molecule has 0 fully saturated rings. The molecule has 21 heavy (non-hydrogen) atoms. The minimum absolute atomic E-state index is 0.0495. The van der Waals surface area contributed by atoms with Crippen LogP contribution >= 0.6 is 11.6 Å². The summed E-state index contributed by atoms with van der Waals surface area (Å²) in [5.74, 6) is 0.258. The summed E-state index contributed by atoms with van der Waals surface area (Å²) in [5.41, 5.74) is 1.47. The molecule has 2 aromatic rings. The molecule has 0 atom stereocenters. The van der Waals surface area contributed by atoms with Crippen LogP contribution in [0.4, 0.5) is 0 Å². The van der Waals surface area contributed by atoms with Crippen LogP contribution in [0.15, 0.2) is 27.9 Å². The molecule has 0 unspecified atom stereocenters. The lowest BCUT2D eigenvalue weighted by molar-refractivity contribution is 0.409. The second kappa shape index (κ2) is 6.52. The first-order valence-corrected chi connectivity index (χ1v) is 7.98. The fourth-order valence-corrected chi connectivity index (χ4v) is 3.47. The van der Waals surface area contributed by atoms with Gasteiger partial charge in [-0.1, -0.05) is 16.8 Å². The first kappa shape index (κ1) is 15.9. The Hall–Kier alpha value is -1.48. The number of rotatable bonds is 6. The highest BCUT2D eigenvalue weighted by Crippen LogP contribution is 2.24. The quantitative estimate of drug-likeness (QED) is 0.826. The zero-order valence-electron chi connectivity index (χ0n) is 11.6. The smallest absolute Gasteiger partial charge is 0.241 e. The summed E-state index contributed by atoms with van der Waals surface area (Å²) >= 11 is 6.00. The Labute approximate surface area is 127 Å². The van der Waals surface area contributed by atoms with Crippen LogP contribution in [-0.2, 0) is 23.1 Å². The molecular weight excluding hydrogens is 316 g/mol. The number of benzene rings is 1. The molecule has 0 saturated heterocycles. The molecule has 0 aliphatic heterocycles. The molecule has 0 bridgehead atoms. The average Bonchev–Trinajstić information content (AvgIpc) is 2.94. The predicted octanol–water partition coefficient (Wildman–Crippen LogP) is 1.23. The normalized spacial score (nSPS) is 11.8. The number of nitrogens with one attached hydrogen (secondary N) is 2. The van der Waals surface area contributed by atoms with E-state index in [-0.39, 0.29) is 17.3 Å². The number of sulfonamides is 1. The Balaban J connectivity index is 2.30. The molecule has 114 valence electrons. The van der Waals surface area contributed by atoms with Crippen LogP contribution in [0.3, 0.4) is 0 Å². The van der Waals surface area contributed by atoms with Gasteiger partial charge in [-0.15, -0.1) is 0 Å². The van der Waals surface area contributed by atoms with Crippen LogP contribution in [0.5, 0.6) is 0 Å². The maximum Gasteiger partial charge on any atom is 0.241 e. The lowest BCUT2D eigenvalue weighted by atomic mass is 10.1. The zero-order valence-corrected chi connectivity index (χ0v) is 13.1. The van der Waals surface area contributed by atoms with Crippen molar-refractivity contribution in [1.29, 1.82) is 0 Å². The molecule has 0 aliphatic rings. The minimum atomic E-state index is -3.71. The lowest BCUT2D eigenvalue weighted by Gasteiger charge is -2.13. The van der Waals surface area contributed by atoms with Crippen LogP contribution < -0.4 is 10.0 Å². The molecule has 2 rings (SSSR count). The summed E-state index contributed by atoms with van der Waals surface area (Å²) in [6, 6.07) is 3.17. The largest absolute Gasteiger partial charge is 0.343 e. The Morgan fingerprint density at radius 3 is 2.71 bits per heavy atom. The summed E-state index contributed by atoms with van der Waals surface area (Å²) in [4.78, 5) is 3.90. The third kappa shape index (κ3) is 3.79. The van der Waals surface area contributed by atoms with Crippen molar-refractivity contribution >= 4 is 21.6 Å². The number of aromatic nitrogens is 2. The van der Waals surface area contributed by atoms with E-state index in [4.69, 9.17) is 11.6 Å². The number of hydrogen-bond acceptors (Lipinski definition) is 6. The highest BCUT2D eigenvalue weighted by atomic mass is 35.5. The van der Waals surface area contributed by atoms with E-state index >= 15 is 0 Å². The van der Waals surface area contributed by atoms with Gasteiger partial charge in [-0.3, -0.25) is 0 Å². The van der Waals surface area contributed by atoms with Gasteiger partial charge in [0.1, 0.15) is 0 Å². The van der Waals surface area contributed by atoms with Gasteiger partial charge in [0.05, 0.1) is 11.4 Å². The zero-order chi connectivity index (χ0) is 15.5. The molecule has 0 aliphatic carbocycles. The number of nitrogens with zero attached hydrogens (tertiary/aromatic N) is 2. The molecule has 9 heteroatoms. The van der Waals surface area contributed by atoms with E-state index in [0.717, 1.165) is 12.0 Å². The molecular formula is C12H15ClN4O3S. The van der Waals surface area contributed by atoms with Gasteiger partial charge >= 0.3 is 0 Å². The van der Waals surface area contributed by atoms with Crippen molar-refractivity contribution in [2.75, 3.05) is 7.05 Å². The van der Waals surface area contributed by atoms with Crippen LogP contribution in [0.25, 0.3) is 0 Å². The van der Waals surface area contributed by atoms with Gasteiger partial charge in [0, 0.05) is 11.6 Å². The maximum absolute atomic E-state index is 12.4. The first-order valence-electron chi connectivity index (χ1n) is 6.12. The number of hydrogen-bond donors (Lipinski definition) is 2. The Bertz CT molecular complexity index is 716. The summed E-state index contributed by atoms with van der Waals surface area (Å²) in [5, 5.41) is 6.90. The molecule has 1 aromatic carbocycles. The lowest BCUT2D eigenvalue weighted by Crippen LogP contribution is -2.25. The number of halogens is 1. The summed E-state index contributed by atoms with van der Waals surface area (Å²) in [6.07, 6.45) is 1.14. The predicted molar refractivity (Wildman–Crippen MR) is 77.3 cm³/mol. The van der Waals surface area contributed by atoms with E-state index in [9.17, 15) is 8.42 Å². The van der Waals surface area contributed by atoms with Crippen molar-refractivity contribution in [3.05, 3.63) is 40.5 Å². The first-order chi connectivity index (χ1) is 9.94. The topological polar surface area (TPSA) is 97.1 Å². The van der Waals surface area contributed by atoms with Gasteiger partial charge in [0.2, 0.25) is 16.4 Å². The van der Waals surface area contributed by atoms with Gasteiger partial charge in [0.15, 0.2) is 5.82 Å². The monoisotopic (exact) mass is 330 g/mol. The molecule has 0 radical (unpaired) electrons. The van der Waals surface area contributed by atoms with Crippen molar-refractivity contribution in [2.24, 2.45) is 0 Å². The fraction of sp³-hybridized carbons (Fsp3) is 0.333. The molecule has 0 saturated carbocycles. The molecule has 7 nitrogen and oxygen atoms in total. The van der Waals surface area contributed by atoms with Crippen LogP contribution in [0.2, 0.25) is 5.02 Å². The minimum Gasteiger partial charge on any atom is -0.343 e. The Kier molecular flexibility index (Phi) is 4.94. The SMILES string of the molecule is CNCc1cc(Cl)cc(S(=O)(=O)NCc2ncon2)c1C. The van der Waals surface area contributed by atoms with E-state index in [2.05, 4.69) is 24.7 Å². The van der Waals surface area contributed by atoms with Gasteiger partial charge < -0.3 is 9.84 Å². The van der Waals surface area contributed by atoms with Gasteiger partial charge in [-0.2, -0.15) is 4.98 Å². The third-order valence-electron chi connectivity index (χ3n) is 2.92. The summed E-state index contributed by atoms with van der Waals surface area (Å²) in [6.45, 7) is 2.22. The van der Waals surface area contributed by atoms with Gasteiger partial charge in [-0.25, -0.2) is 13.1 Å². The molecule has 1 heterocycles. The van der Waals surface area contributed by atoms with Crippen molar-refractivity contribution in [2.45, 2.75) is 24.9 Å². The Morgan fingerprint density at radius 2 is 2.10 bits per heavy atom. The van der Waals surface area contributed by atoms with Crippen LogP contribution in [0, 0.1) is 6.92 Å². The second-order valence-electron chi connectivity index (χ2n) is 4.39.